The van der Waals surface area contributed by atoms with E-state index in [-0.39, 0.29) is 6.61 Å². The van der Waals surface area contributed by atoms with Crippen LogP contribution in [0.15, 0.2) is 69.0 Å². The van der Waals surface area contributed by atoms with Crippen LogP contribution < -0.4 is 9.47 Å². The molecule has 0 bridgehead atoms. The number of esters is 1. The molecule has 0 aromatic heterocycles. The highest BCUT2D eigenvalue weighted by atomic mass is 79.9. The molecule has 0 spiro atoms. The van der Waals surface area contributed by atoms with Gasteiger partial charge in [0.25, 0.3) is 0 Å². The Morgan fingerprint density at radius 3 is 1.45 bits per heavy atom. The number of rotatable bonds is 5. The molecule has 3 aromatic carbocycles. The molecule has 0 aliphatic rings. The Kier molecular flexibility index (Phi) is 11.1. The largest absolute Gasteiger partial charge is 0.486 e. The quantitative estimate of drug-likeness (QED) is 0.111. The van der Waals surface area contributed by atoms with E-state index in [0.717, 1.165) is 26.8 Å². The molecule has 3 nitrogen and oxygen atoms in total. The normalized spacial score (nSPS) is 11.0. The molecule has 0 aliphatic heterocycles. The van der Waals surface area contributed by atoms with Gasteiger partial charge in [0, 0.05) is 14.5 Å². The zero-order valence-electron chi connectivity index (χ0n) is 15.5. The van der Waals surface area contributed by atoms with E-state index >= 15 is 0 Å². The zero-order valence-corrected chi connectivity index (χ0v) is 31.4. The van der Waals surface area contributed by atoms with Gasteiger partial charge < -0.3 is 9.47 Å². The van der Waals surface area contributed by atoms with Crippen LogP contribution >= 0.6 is 159 Å². The van der Waals surface area contributed by atoms with Crippen molar-refractivity contribution in [2.75, 3.05) is 0 Å². The molecule has 0 radical (unpaired) electrons. The van der Waals surface area contributed by atoms with E-state index in [2.05, 4.69) is 159 Å². The van der Waals surface area contributed by atoms with Crippen molar-refractivity contribution >= 4 is 165 Å². The van der Waals surface area contributed by atoms with Crippen molar-refractivity contribution in [3.63, 3.8) is 0 Å². The van der Waals surface area contributed by atoms with E-state index in [1.165, 1.54) is 0 Å². The molecule has 0 heterocycles. The lowest BCUT2D eigenvalue weighted by molar-refractivity contribution is 0.0729. The Morgan fingerprint density at radius 1 is 0.576 bits per heavy atom. The van der Waals surface area contributed by atoms with Gasteiger partial charge in [-0.25, -0.2) is 4.79 Å². The first-order valence-electron chi connectivity index (χ1n) is 8.43. The molecular weight excluding hydrogens is 1090 g/mol. The van der Waals surface area contributed by atoms with Gasteiger partial charge in [-0.3, -0.25) is 0 Å². The molecule has 0 N–H and O–H groups in total. The summed E-state index contributed by atoms with van der Waals surface area (Å²) in [5.74, 6) is 0.392. The molecule has 33 heavy (non-hydrogen) atoms. The van der Waals surface area contributed by atoms with Gasteiger partial charge in [-0.1, -0.05) is 18.2 Å². The fourth-order valence-electron chi connectivity index (χ4n) is 2.53. The third-order valence-electron chi connectivity index (χ3n) is 4.14. The van der Waals surface area contributed by atoms with Gasteiger partial charge in [0.15, 0.2) is 11.5 Å². The Labute approximate surface area is 273 Å². The van der Waals surface area contributed by atoms with E-state index in [0.29, 0.717) is 40.5 Å². The lowest BCUT2D eigenvalue weighted by Crippen LogP contribution is -2.13. The highest BCUT2D eigenvalue weighted by Crippen LogP contribution is 2.50. The Balaban J connectivity index is 1.92. The van der Waals surface area contributed by atoms with Crippen LogP contribution in [0.2, 0.25) is 0 Å². The van der Waals surface area contributed by atoms with Crippen LogP contribution in [0.3, 0.4) is 0 Å². The second-order valence-corrected chi connectivity index (χ2v) is 14.1. The fraction of sp³-hybridized carbons (Fsp3) is 0.0500. The maximum absolute atomic E-state index is 13.1. The minimum absolute atomic E-state index is 0.138. The van der Waals surface area contributed by atoms with Gasteiger partial charge >= 0.3 is 5.97 Å². The van der Waals surface area contributed by atoms with E-state index in [1.54, 1.807) is 12.1 Å². The number of ether oxygens (including phenoxy) is 2. The standard InChI is InChI=1S/C20H6Br10O3/c21-8-10(23)14(27)18(15(28)11(8)24)32-5-6-3-1-2-4-7(6)20(31)33-19-16(29)12(25)9(22)13(26)17(19)30/h1-4H,5H2. The number of hydrogen-bond acceptors (Lipinski definition) is 3. The van der Waals surface area contributed by atoms with Crippen molar-refractivity contribution in [1.29, 1.82) is 0 Å². The first-order valence-corrected chi connectivity index (χ1v) is 16.4. The fourth-order valence-corrected chi connectivity index (χ4v) is 8.94. The van der Waals surface area contributed by atoms with E-state index in [9.17, 15) is 4.79 Å². The summed E-state index contributed by atoms with van der Waals surface area (Å²) in [6, 6.07) is 7.13. The summed E-state index contributed by atoms with van der Waals surface area (Å²) in [6.07, 6.45) is 0. The molecular formula is C20H6Br10O3. The summed E-state index contributed by atoms with van der Waals surface area (Å²) >= 11 is 35.1. The molecule has 0 aliphatic carbocycles. The van der Waals surface area contributed by atoms with Gasteiger partial charge in [-0.05, 0) is 165 Å². The van der Waals surface area contributed by atoms with Crippen LogP contribution in [0.5, 0.6) is 11.5 Å². The first-order chi connectivity index (χ1) is 15.5. The van der Waals surface area contributed by atoms with E-state index in [4.69, 9.17) is 9.47 Å². The number of benzene rings is 3. The van der Waals surface area contributed by atoms with Crippen molar-refractivity contribution in [3.8, 4) is 11.5 Å². The van der Waals surface area contributed by atoms with Gasteiger partial charge in [-0.2, -0.15) is 0 Å². The first kappa shape index (κ1) is 29.3. The molecule has 0 fully saturated rings. The van der Waals surface area contributed by atoms with Crippen molar-refractivity contribution < 1.29 is 14.3 Å². The maximum atomic E-state index is 13.1. The molecule has 3 aromatic rings. The average Bonchev–Trinajstić information content (AvgIpc) is 2.81. The predicted octanol–water partition coefficient (Wildman–Crippen LogP) is 12.1. The zero-order chi connectivity index (χ0) is 24.6. The summed E-state index contributed by atoms with van der Waals surface area (Å²) < 4.78 is 19.1. The minimum atomic E-state index is -0.520. The predicted molar refractivity (Wildman–Crippen MR) is 166 cm³/mol. The topological polar surface area (TPSA) is 35.5 Å². The van der Waals surface area contributed by atoms with Gasteiger partial charge in [0.05, 0.1) is 41.3 Å². The smallest absolute Gasteiger partial charge is 0.344 e. The minimum Gasteiger partial charge on any atom is -0.486 e. The van der Waals surface area contributed by atoms with Crippen molar-refractivity contribution in [2.45, 2.75) is 6.61 Å². The molecule has 0 unspecified atom stereocenters. The Hall–Kier alpha value is 1.73. The van der Waals surface area contributed by atoms with Gasteiger partial charge in [0.2, 0.25) is 0 Å². The number of hydrogen-bond donors (Lipinski definition) is 0. The lowest BCUT2D eigenvalue weighted by atomic mass is 10.1. The lowest BCUT2D eigenvalue weighted by Gasteiger charge is -2.17. The number of halogens is 10. The third-order valence-corrected chi connectivity index (χ3v) is 16.2. The second kappa shape index (κ2) is 12.5. The highest BCUT2D eigenvalue weighted by molar-refractivity contribution is 9.16. The van der Waals surface area contributed by atoms with E-state index < -0.39 is 5.97 Å². The maximum Gasteiger partial charge on any atom is 0.344 e. The van der Waals surface area contributed by atoms with Crippen LogP contribution in [0.1, 0.15) is 15.9 Å². The van der Waals surface area contributed by atoms with Crippen molar-refractivity contribution in [1.82, 2.24) is 0 Å². The average molecular weight is 1090 g/mol. The molecule has 13 heteroatoms. The molecule has 0 saturated heterocycles. The summed E-state index contributed by atoms with van der Waals surface area (Å²) in [4.78, 5) is 13.1. The summed E-state index contributed by atoms with van der Waals surface area (Å²) in [5.41, 5.74) is 1.05. The van der Waals surface area contributed by atoms with Crippen molar-refractivity contribution in [2.24, 2.45) is 0 Å². The monoisotopic (exact) mass is 1080 g/mol. The molecule has 0 amide bonds. The van der Waals surface area contributed by atoms with Crippen LogP contribution in [-0.4, -0.2) is 5.97 Å². The molecule has 0 atom stereocenters. The number of carbonyl (C=O) groups excluding carboxylic acids is 1. The van der Waals surface area contributed by atoms with Crippen molar-refractivity contribution in [3.05, 3.63) is 80.1 Å². The highest BCUT2D eigenvalue weighted by Gasteiger charge is 2.24. The van der Waals surface area contributed by atoms with Crippen LogP contribution in [0.25, 0.3) is 0 Å². The summed E-state index contributed by atoms with van der Waals surface area (Å²) in [7, 11) is 0. The van der Waals surface area contributed by atoms with Gasteiger partial charge in [0.1, 0.15) is 6.61 Å². The van der Waals surface area contributed by atoms with E-state index in [1.807, 2.05) is 12.1 Å². The third kappa shape index (κ3) is 6.25. The Bertz CT molecular complexity index is 1220. The number of carbonyl (C=O) groups is 1. The Morgan fingerprint density at radius 2 is 0.970 bits per heavy atom. The molecule has 3 rings (SSSR count). The van der Waals surface area contributed by atoms with Crippen LogP contribution in [0, 0.1) is 0 Å². The summed E-state index contributed by atoms with van der Waals surface area (Å²) in [5, 5.41) is 0. The molecule has 0 saturated carbocycles. The second-order valence-electron chi connectivity index (χ2n) is 6.13. The van der Waals surface area contributed by atoms with Crippen LogP contribution in [0.4, 0.5) is 0 Å². The van der Waals surface area contributed by atoms with Crippen LogP contribution in [-0.2, 0) is 6.61 Å². The SMILES string of the molecule is O=C(Oc1c(Br)c(Br)c(Br)c(Br)c1Br)c1ccccc1COc1c(Br)c(Br)c(Br)c(Br)c1Br. The summed E-state index contributed by atoms with van der Waals surface area (Å²) in [6.45, 7) is 0.138. The van der Waals surface area contributed by atoms with Gasteiger partial charge in [-0.15, -0.1) is 0 Å². The molecule has 174 valence electrons.